The van der Waals surface area contributed by atoms with Crippen LogP contribution in [-0.4, -0.2) is 4.57 Å². The third-order valence-electron chi connectivity index (χ3n) is 11.4. The summed E-state index contributed by atoms with van der Waals surface area (Å²) in [5, 5.41) is 6.76. The van der Waals surface area contributed by atoms with Crippen LogP contribution in [0.25, 0.3) is 60.1 Å². The van der Waals surface area contributed by atoms with Gasteiger partial charge in [0.05, 0.1) is 10.9 Å². The second-order valence-electron chi connectivity index (χ2n) is 14.6. The summed E-state index contributed by atoms with van der Waals surface area (Å²) in [6.45, 7) is 7.21. The smallest absolute Gasteiger partial charge is 0.0540 e. The Bertz CT molecular complexity index is 2640. The van der Waals surface area contributed by atoms with Crippen molar-refractivity contribution in [3.8, 4) is 5.69 Å². The summed E-state index contributed by atoms with van der Waals surface area (Å²) < 4.78 is 5.25. The molecule has 2 heteroatoms. The first-order valence-electron chi connectivity index (χ1n) is 17.3. The molecular weight excluding hydrogens is 599 g/mol. The molecule has 2 aromatic heterocycles. The summed E-state index contributed by atoms with van der Waals surface area (Å²) in [6, 6.07) is 43.0. The van der Waals surface area contributed by atoms with Gasteiger partial charge in [-0.2, -0.15) is 0 Å². The third-order valence-corrected chi connectivity index (χ3v) is 12.6. The third kappa shape index (κ3) is 4.02. The van der Waals surface area contributed by atoms with Crippen LogP contribution in [0.2, 0.25) is 0 Å². The van der Waals surface area contributed by atoms with Gasteiger partial charge in [0.1, 0.15) is 0 Å². The molecule has 0 radical (unpaired) electrons. The largest absolute Gasteiger partial charge is 0.310 e. The van der Waals surface area contributed by atoms with Gasteiger partial charge < -0.3 is 4.57 Å². The van der Waals surface area contributed by atoms with E-state index < -0.39 is 0 Å². The number of thiophene rings is 1. The topological polar surface area (TPSA) is 4.93 Å². The highest BCUT2D eigenvalue weighted by molar-refractivity contribution is 7.26. The average Bonchev–Trinajstić information content (AvgIpc) is 3.73. The molecule has 3 aliphatic carbocycles. The lowest BCUT2D eigenvalue weighted by Gasteiger charge is -2.29. The predicted octanol–water partition coefficient (Wildman–Crippen LogP) is 10.8. The molecule has 0 spiro atoms. The Morgan fingerprint density at radius 2 is 1.46 bits per heavy atom. The van der Waals surface area contributed by atoms with Crippen molar-refractivity contribution in [2.45, 2.75) is 38.5 Å². The van der Waals surface area contributed by atoms with Crippen LogP contribution in [0.1, 0.15) is 55.4 Å². The molecule has 48 heavy (non-hydrogen) atoms. The SMILES string of the molecule is CC1C=C(c2cccc3c2sc2ccccc23)C=C(c2ccc(-n3c4c(c5ccccc53)=CC3c5ccccc5C(C)(C)C3C=4)cc2)C1. The molecule has 0 amide bonds. The highest BCUT2D eigenvalue weighted by atomic mass is 32.1. The molecule has 0 saturated carbocycles. The lowest BCUT2D eigenvalue weighted by molar-refractivity contribution is 0.421. The van der Waals surface area contributed by atoms with Gasteiger partial charge in [0.25, 0.3) is 0 Å². The molecule has 2 heterocycles. The van der Waals surface area contributed by atoms with Crippen molar-refractivity contribution in [2.24, 2.45) is 11.8 Å². The molecule has 0 fully saturated rings. The minimum Gasteiger partial charge on any atom is -0.310 e. The standard InChI is InChI=1S/C46H37NS/c1-28-23-30(25-31(24-28)33-14-10-15-37-36-13-6-9-18-44(36)48-45(33)37)29-19-21-32(22-20-29)47-42-17-8-5-12-35(42)39-26-38-34-11-4-7-16-40(34)46(2,3)41(38)27-43(39)47/h4-22,24-28,38,41H,23H2,1-3H3. The van der Waals surface area contributed by atoms with E-state index in [0.717, 1.165) is 6.42 Å². The maximum atomic E-state index is 2.59. The fourth-order valence-electron chi connectivity index (χ4n) is 9.13. The second kappa shape index (κ2) is 10.3. The molecular formula is C46H37NS. The number of allylic oxidation sites excluding steroid dienone is 4. The van der Waals surface area contributed by atoms with Crippen molar-refractivity contribution in [2.75, 3.05) is 0 Å². The van der Waals surface area contributed by atoms with Crippen LogP contribution in [0, 0.1) is 11.8 Å². The summed E-state index contributed by atoms with van der Waals surface area (Å²) >= 11 is 1.92. The number of rotatable bonds is 3. The highest BCUT2D eigenvalue weighted by Crippen LogP contribution is 2.52. The number of para-hydroxylation sites is 1. The van der Waals surface area contributed by atoms with Gasteiger partial charge in [-0.25, -0.2) is 0 Å². The average molecular weight is 636 g/mol. The van der Waals surface area contributed by atoms with Gasteiger partial charge in [0.2, 0.25) is 0 Å². The van der Waals surface area contributed by atoms with E-state index in [1.54, 1.807) is 0 Å². The number of hydrogen-bond donors (Lipinski definition) is 0. The maximum absolute atomic E-state index is 2.59. The second-order valence-corrected chi connectivity index (χ2v) is 15.7. The normalized spacial score (nSPS) is 20.9. The molecule has 1 nitrogen and oxygen atoms in total. The Kier molecular flexibility index (Phi) is 6.03. The van der Waals surface area contributed by atoms with Crippen LogP contribution in [0.15, 0.2) is 127 Å². The van der Waals surface area contributed by atoms with Crippen molar-refractivity contribution in [3.63, 3.8) is 0 Å². The van der Waals surface area contributed by atoms with Gasteiger partial charge in [0, 0.05) is 42.4 Å². The zero-order valence-corrected chi connectivity index (χ0v) is 28.4. The van der Waals surface area contributed by atoms with E-state index in [4.69, 9.17) is 0 Å². The molecule has 3 unspecified atom stereocenters. The zero-order valence-electron chi connectivity index (χ0n) is 27.6. The fraction of sp³-hybridized carbons (Fsp3) is 0.174. The Hall–Kier alpha value is -4.92. The Labute approximate surface area is 285 Å². The van der Waals surface area contributed by atoms with Crippen molar-refractivity contribution in [1.82, 2.24) is 4.57 Å². The van der Waals surface area contributed by atoms with Crippen molar-refractivity contribution in [3.05, 3.63) is 160 Å². The van der Waals surface area contributed by atoms with E-state index in [-0.39, 0.29) is 5.41 Å². The molecule has 10 rings (SSSR count). The zero-order chi connectivity index (χ0) is 32.1. The molecule has 3 atom stereocenters. The van der Waals surface area contributed by atoms with E-state index in [1.165, 1.54) is 80.7 Å². The highest BCUT2D eigenvalue weighted by Gasteiger charge is 2.45. The number of aromatic nitrogens is 1. The first-order chi connectivity index (χ1) is 23.5. The van der Waals surface area contributed by atoms with Crippen LogP contribution in [0.3, 0.4) is 0 Å². The molecule has 0 bridgehead atoms. The number of benzene rings is 5. The molecule has 0 aliphatic heterocycles. The lowest BCUT2D eigenvalue weighted by atomic mass is 9.74. The van der Waals surface area contributed by atoms with Crippen LogP contribution in [0.4, 0.5) is 0 Å². The number of nitrogens with zero attached hydrogens (tertiary/aromatic N) is 1. The van der Waals surface area contributed by atoms with Gasteiger partial charge in [0.15, 0.2) is 0 Å². The lowest BCUT2D eigenvalue weighted by Crippen LogP contribution is -2.37. The molecule has 3 aliphatic rings. The van der Waals surface area contributed by atoms with Crippen LogP contribution >= 0.6 is 11.3 Å². The molecule has 0 N–H and O–H groups in total. The molecule has 5 aromatic carbocycles. The van der Waals surface area contributed by atoms with E-state index >= 15 is 0 Å². The Morgan fingerprint density at radius 3 is 2.33 bits per heavy atom. The maximum Gasteiger partial charge on any atom is 0.0540 e. The van der Waals surface area contributed by atoms with Gasteiger partial charge in [-0.05, 0) is 81.3 Å². The van der Waals surface area contributed by atoms with E-state index in [1.807, 2.05) is 11.3 Å². The fourth-order valence-corrected chi connectivity index (χ4v) is 10.4. The summed E-state index contributed by atoms with van der Waals surface area (Å²) in [5.74, 6) is 1.31. The Morgan fingerprint density at radius 1 is 0.708 bits per heavy atom. The van der Waals surface area contributed by atoms with Gasteiger partial charge in [-0.15, -0.1) is 11.3 Å². The monoisotopic (exact) mass is 635 g/mol. The quantitative estimate of drug-likeness (QED) is 0.182. The first-order valence-corrected chi connectivity index (χ1v) is 18.1. The molecule has 232 valence electrons. The van der Waals surface area contributed by atoms with Crippen LogP contribution in [0.5, 0.6) is 0 Å². The van der Waals surface area contributed by atoms with Crippen molar-refractivity contribution < 1.29 is 0 Å². The van der Waals surface area contributed by atoms with E-state index in [9.17, 15) is 0 Å². The van der Waals surface area contributed by atoms with Crippen molar-refractivity contribution in [1.29, 1.82) is 0 Å². The summed E-state index contributed by atoms with van der Waals surface area (Å²) in [6.07, 6.45) is 11.1. The number of hydrogen-bond acceptors (Lipinski definition) is 1. The van der Waals surface area contributed by atoms with Crippen LogP contribution < -0.4 is 10.6 Å². The summed E-state index contributed by atoms with van der Waals surface area (Å²) in [7, 11) is 0. The minimum absolute atomic E-state index is 0.0795. The van der Waals surface area contributed by atoms with E-state index in [2.05, 4.69) is 165 Å². The Balaban J connectivity index is 1.07. The summed E-state index contributed by atoms with van der Waals surface area (Å²) in [4.78, 5) is 0. The van der Waals surface area contributed by atoms with Gasteiger partial charge in [-0.3, -0.25) is 0 Å². The molecule has 7 aromatic rings. The van der Waals surface area contributed by atoms with E-state index in [0.29, 0.717) is 17.8 Å². The van der Waals surface area contributed by atoms with Crippen LogP contribution in [-0.2, 0) is 5.41 Å². The summed E-state index contributed by atoms with van der Waals surface area (Å²) in [5.41, 5.74) is 11.0. The number of fused-ring (bicyclic) bond motifs is 9. The van der Waals surface area contributed by atoms with Crippen molar-refractivity contribution >= 4 is 65.7 Å². The van der Waals surface area contributed by atoms with Gasteiger partial charge >= 0.3 is 0 Å². The molecule has 0 saturated heterocycles. The first kappa shape index (κ1) is 28.1. The minimum atomic E-state index is 0.0795. The predicted molar refractivity (Wildman–Crippen MR) is 206 cm³/mol. The van der Waals surface area contributed by atoms with Gasteiger partial charge in [-0.1, -0.05) is 136 Å².